The van der Waals surface area contributed by atoms with Gasteiger partial charge in [-0.3, -0.25) is 4.79 Å². The van der Waals surface area contributed by atoms with E-state index < -0.39 is 9.84 Å². The molecule has 2 heterocycles. The zero-order valence-corrected chi connectivity index (χ0v) is 9.68. The molecular formula is C9H11NO3S2. The summed E-state index contributed by atoms with van der Waals surface area (Å²) in [5.74, 6) is 0.415. The lowest BCUT2D eigenvalue weighted by Gasteiger charge is -2.27. The van der Waals surface area contributed by atoms with Gasteiger partial charge >= 0.3 is 0 Å². The van der Waals surface area contributed by atoms with Gasteiger partial charge in [0.15, 0.2) is 16.1 Å². The van der Waals surface area contributed by atoms with Crippen LogP contribution in [0.3, 0.4) is 0 Å². The molecule has 15 heavy (non-hydrogen) atoms. The molecule has 1 fully saturated rings. The number of carbonyl (C=O) groups is 1. The third-order valence-electron chi connectivity index (χ3n) is 2.43. The molecule has 82 valence electrons. The highest BCUT2D eigenvalue weighted by molar-refractivity contribution is 7.91. The lowest BCUT2D eigenvalue weighted by atomic mass is 10.4. The third kappa shape index (κ3) is 2.38. The molecular weight excluding hydrogens is 234 g/mol. The van der Waals surface area contributed by atoms with E-state index in [9.17, 15) is 13.2 Å². The van der Waals surface area contributed by atoms with Gasteiger partial charge in [-0.2, -0.15) is 0 Å². The van der Waals surface area contributed by atoms with E-state index in [1.165, 1.54) is 11.3 Å². The Morgan fingerprint density at radius 2 is 2.00 bits per heavy atom. The van der Waals surface area contributed by atoms with E-state index in [1.54, 1.807) is 6.07 Å². The summed E-state index contributed by atoms with van der Waals surface area (Å²) in [6, 6.07) is 1.80. The van der Waals surface area contributed by atoms with Gasteiger partial charge in [-0.25, -0.2) is 8.42 Å². The van der Waals surface area contributed by atoms with Crippen LogP contribution in [0.25, 0.3) is 0 Å². The summed E-state index contributed by atoms with van der Waals surface area (Å²) in [7, 11) is -2.83. The van der Waals surface area contributed by atoms with Crippen molar-refractivity contribution in [2.75, 3.05) is 29.5 Å². The normalized spacial score (nSPS) is 20.1. The van der Waals surface area contributed by atoms with Crippen molar-refractivity contribution < 1.29 is 13.2 Å². The summed E-state index contributed by atoms with van der Waals surface area (Å²) in [6.07, 6.45) is 0.814. The van der Waals surface area contributed by atoms with Crippen LogP contribution < -0.4 is 4.90 Å². The van der Waals surface area contributed by atoms with Gasteiger partial charge in [0.2, 0.25) is 0 Å². The smallest absolute Gasteiger partial charge is 0.160 e. The minimum absolute atomic E-state index is 0.208. The highest BCUT2D eigenvalue weighted by atomic mass is 32.2. The van der Waals surface area contributed by atoms with Crippen molar-refractivity contribution in [3.05, 3.63) is 16.3 Å². The van der Waals surface area contributed by atoms with Crippen molar-refractivity contribution in [1.82, 2.24) is 0 Å². The maximum atomic E-state index is 11.2. The van der Waals surface area contributed by atoms with Crippen LogP contribution in [-0.4, -0.2) is 39.3 Å². The Morgan fingerprint density at radius 1 is 1.33 bits per heavy atom. The van der Waals surface area contributed by atoms with Gasteiger partial charge in [-0.05, 0) is 6.07 Å². The fourth-order valence-electron chi connectivity index (χ4n) is 1.54. The Labute approximate surface area is 92.4 Å². The molecule has 0 unspecified atom stereocenters. The van der Waals surface area contributed by atoms with Gasteiger partial charge in [0, 0.05) is 24.2 Å². The van der Waals surface area contributed by atoms with Gasteiger partial charge in [0.05, 0.1) is 16.4 Å². The molecule has 1 saturated heterocycles. The van der Waals surface area contributed by atoms with E-state index in [4.69, 9.17) is 0 Å². The number of anilines is 1. The van der Waals surface area contributed by atoms with Gasteiger partial charge in [-0.15, -0.1) is 11.3 Å². The van der Waals surface area contributed by atoms with E-state index in [0.29, 0.717) is 18.0 Å². The summed E-state index contributed by atoms with van der Waals surface area (Å²) in [4.78, 5) is 13.2. The lowest BCUT2D eigenvalue weighted by molar-refractivity contribution is 0.112. The number of carbonyl (C=O) groups excluding carboxylic acids is 1. The topological polar surface area (TPSA) is 54.5 Å². The van der Waals surface area contributed by atoms with Crippen LogP contribution in [0.2, 0.25) is 0 Å². The van der Waals surface area contributed by atoms with Crippen molar-refractivity contribution >= 4 is 33.1 Å². The average molecular weight is 245 g/mol. The highest BCUT2D eigenvalue weighted by Crippen LogP contribution is 2.23. The molecule has 0 spiro atoms. The van der Waals surface area contributed by atoms with Crippen LogP contribution in [0, 0.1) is 0 Å². The molecule has 1 aromatic rings. The van der Waals surface area contributed by atoms with E-state index in [-0.39, 0.29) is 11.5 Å². The molecule has 0 aliphatic carbocycles. The first-order valence-corrected chi connectivity index (χ1v) is 7.30. The summed E-state index contributed by atoms with van der Waals surface area (Å²) in [5.41, 5.74) is 0.956. The number of sulfone groups is 1. The highest BCUT2D eigenvalue weighted by Gasteiger charge is 2.22. The van der Waals surface area contributed by atoms with Crippen LogP contribution in [0.4, 0.5) is 5.69 Å². The predicted molar refractivity (Wildman–Crippen MR) is 60.6 cm³/mol. The van der Waals surface area contributed by atoms with E-state index >= 15 is 0 Å². The van der Waals surface area contributed by atoms with Crippen molar-refractivity contribution in [3.63, 3.8) is 0 Å². The number of rotatable bonds is 2. The molecule has 1 aliphatic heterocycles. The van der Waals surface area contributed by atoms with Crippen LogP contribution in [0.5, 0.6) is 0 Å². The van der Waals surface area contributed by atoms with Gasteiger partial charge < -0.3 is 4.90 Å². The SMILES string of the molecule is O=Cc1cc(N2CCS(=O)(=O)CC2)cs1. The Bertz CT molecular complexity index is 449. The predicted octanol–water partition coefficient (Wildman–Crippen LogP) is 0.795. The first-order valence-electron chi connectivity index (χ1n) is 4.60. The Kier molecular flexibility index (Phi) is 2.79. The lowest BCUT2D eigenvalue weighted by Crippen LogP contribution is -2.40. The summed E-state index contributed by atoms with van der Waals surface area (Å²) >= 11 is 1.38. The largest absolute Gasteiger partial charge is 0.369 e. The van der Waals surface area contributed by atoms with Gasteiger partial charge in [0.25, 0.3) is 0 Å². The summed E-state index contributed by atoms with van der Waals surface area (Å²) in [5, 5.41) is 1.89. The second-order valence-corrected chi connectivity index (χ2v) is 6.71. The molecule has 1 aromatic heterocycles. The van der Waals surface area contributed by atoms with Gasteiger partial charge in [0.1, 0.15) is 0 Å². The third-order valence-corrected chi connectivity index (χ3v) is 4.89. The average Bonchev–Trinajstić information content (AvgIpc) is 2.66. The molecule has 0 radical (unpaired) electrons. The van der Waals surface area contributed by atoms with Crippen molar-refractivity contribution in [3.8, 4) is 0 Å². The van der Waals surface area contributed by atoms with Crippen molar-refractivity contribution in [2.45, 2.75) is 0 Å². The standard InChI is InChI=1S/C9H11NO3S2/c11-6-9-5-8(7-14-9)10-1-3-15(12,13)4-2-10/h5-7H,1-4H2. The zero-order chi connectivity index (χ0) is 10.9. The Balaban J connectivity index is 2.10. The second-order valence-electron chi connectivity index (χ2n) is 3.46. The Morgan fingerprint density at radius 3 is 2.53 bits per heavy atom. The van der Waals surface area contributed by atoms with Crippen LogP contribution in [-0.2, 0) is 9.84 Å². The van der Waals surface area contributed by atoms with Crippen molar-refractivity contribution in [2.24, 2.45) is 0 Å². The molecule has 4 nitrogen and oxygen atoms in total. The number of thiophene rings is 1. The van der Waals surface area contributed by atoms with Crippen LogP contribution >= 0.6 is 11.3 Å². The molecule has 0 amide bonds. The number of hydrogen-bond acceptors (Lipinski definition) is 5. The molecule has 1 aliphatic rings. The molecule has 6 heteroatoms. The van der Waals surface area contributed by atoms with Crippen LogP contribution in [0.1, 0.15) is 9.67 Å². The second kappa shape index (κ2) is 3.94. The molecule has 0 aromatic carbocycles. The monoisotopic (exact) mass is 245 g/mol. The maximum absolute atomic E-state index is 11.2. The molecule has 0 bridgehead atoms. The maximum Gasteiger partial charge on any atom is 0.160 e. The summed E-state index contributed by atoms with van der Waals surface area (Å²) in [6.45, 7) is 1.05. The van der Waals surface area contributed by atoms with Crippen molar-refractivity contribution in [1.29, 1.82) is 0 Å². The van der Waals surface area contributed by atoms with E-state index in [1.807, 2.05) is 10.3 Å². The minimum Gasteiger partial charge on any atom is -0.369 e. The summed E-state index contributed by atoms with van der Waals surface area (Å²) < 4.78 is 22.4. The number of aldehydes is 1. The number of nitrogens with zero attached hydrogens (tertiary/aromatic N) is 1. The first-order chi connectivity index (χ1) is 7.11. The fraction of sp³-hybridized carbons (Fsp3) is 0.444. The fourth-order valence-corrected chi connectivity index (χ4v) is 3.46. The van der Waals surface area contributed by atoms with Crippen LogP contribution in [0.15, 0.2) is 11.4 Å². The molecule has 0 saturated carbocycles. The van der Waals surface area contributed by atoms with E-state index in [2.05, 4.69) is 0 Å². The first kappa shape index (κ1) is 10.6. The quantitative estimate of drug-likeness (QED) is 0.723. The van der Waals surface area contributed by atoms with Gasteiger partial charge in [-0.1, -0.05) is 0 Å². The molecule has 2 rings (SSSR count). The molecule has 0 atom stereocenters. The number of hydrogen-bond donors (Lipinski definition) is 0. The zero-order valence-electron chi connectivity index (χ0n) is 8.05. The minimum atomic E-state index is -2.83. The van der Waals surface area contributed by atoms with E-state index in [0.717, 1.165) is 12.0 Å². The molecule has 0 N–H and O–H groups in total. The Hall–Kier alpha value is -0.880.